The number of carbonyl (C=O) groups excluding carboxylic acids is 2. The Hall–Kier alpha value is -1.88. The number of nitrogens with zero attached hydrogens (tertiary/aromatic N) is 1. The Labute approximate surface area is 137 Å². The van der Waals surface area contributed by atoms with Gasteiger partial charge in [0.15, 0.2) is 0 Å². The van der Waals surface area contributed by atoms with Crippen molar-refractivity contribution < 1.29 is 19.1 Å². The van der Waals surface area contributed by atoms with Gasteiger partial charge in [-0.25, -0.2) is 0 Å². The third kappa shape index (κ3) is 4.55. The van der Waals surface area contributed by atoms with Crippen LogP contribution in [0.1, 0.15) is 31.9 Å². The molecular weight excluding hydrogens is 294 g/mol. The SMILES string of the molecule is COC(=O)C1CN(C(C)c2ccccc2)CC1CCOC(C)=O. The first-order valence-electron chi connectivity index (χ1n) is 8.03. The Balaban J connectivity index is 2.03. The van der Waals surface area contributed by atoms with Crippen LogP contribution < -0.4 is 0 Å². The zero-order valence-electron chi connectivity index (χ0n) is 14.0. The predicted molar refractivity (Wildman–Crippen MR) is 86.7 cm³/mol. The van der Waals surface area contributed by atoms with Gasteiger partial charge in [0.25, 0.3) is 0 Å². The number of likely N-dealkylation sites (tertiary alicyclic amines) is 1. The molecule has 23 heavy (non-hydrogen) atoms. The normalized spacial score (nSPS) is 22.6. The Morgan fingerprint density at radius 3 is 2.57 bits per heavy atom. The largest absolute Gasteiger partial charge is 0.469 e. The Morgan fingerprint density at radius 1 is 1.26 bits per heavy atom. The lowest BCUT2D eigenvalue weighted by atomic mass is 9.93. The van der Waals surface area contributed by atoms with Crippen molar-refractivity contribution in [1.82, 2.24) is 4.90 Å². The fraction of sp³-hybridized carbons (Fsp3) is 0.556. The summed E-state index contributed by atoms with van der Waals surface area (Å²) in [6.07, 6.45) is 0.678. The molecule has 126 valence electrons. The molecule has 0 N–H and O–H groups in total. The van der Waals surface area contributed by atoms with Crippen LogP contribution >= 0.6 is 0 Å². The molecule has 0 radical (unpaired) electrons. The molecule has 2 rings (SSSR count). The summed E-state index contributed by atoms with van der Waals surface area (Å²) in [7, 11) is 1.43. The third-order valence-electron chi connectivity index (χ3n) is 4.60. The maximum Gasteiger partial charge on any atom is 0.310 e. The molecule has 0 spiro atoms. The van der Waals surface area contributed by atoms with Crippen LogP contribution in [-0.4, -0.2) is 43.6 Å². The van der Waals surface area contributed by atoms with Crippen molar-refractivity contribution in [2.24, 2.45) is 11.8 Å². The van der Waals surface area contributed by atoms with E-state index in [0.29, 0.717) is 19.6 Å². The van der Waals surface area contributed by atoms with Crippen LogP contribution in [0.5, 0.6) is 0 Å². The van der Waals surface area contributed by atoms with E-state index < -0.39 is 0 Å². The van der Waals surface area contributed by atoms with Gasteiger partial charge in [0.2, 0.25) is 0 Å². The Bertz CT molecular complexity index is 531. The molecular formula is C18H25NO4. The molecule has 5 heteroatoms. The van der Waals surface area contributed by atoms with Gasteiger partial charge in [0.05, 0.1) is 19.6 Å². The van der Waals surface area contributed by atoms with E-state index in [4.69, 9.17) is 9.47 Å². The first-order chi connectivity index (χ1) is 11.0. The maximum absolute atomic E-state index is 12.1. The lowest BCUT2D eigenvalue weighted by molar-refractivity contribution is -0.146. The topological polar surface area (TPSA) is 55.8 Å². The number of methoxy groups -OCH3 is 1. The zero-order chi connectivity index (χ0) is 16.8. The van der Waals surface area contributed by atoms with Gasteiger partial charge in [-0.05, 0) is 24.8 Å². The van der Waals surface area contributed by atoms with Gasteiger partial charge in [0, 0.05) is 26.1 Å². The monoisotopic (exact) mass is 319 g/mol. The average Bonchev–Trinajstić information content (AvgIpc) is 2.98. The summed E-state index contributed by atoms with van der Waals surface area (Å²) < 4.78 is 9.99. The van der Waals surface area contributed by atoms with Gasteiger partial charge in [-0.15, -0.1) is 0 Å². The fourth-order valence-electron chi connectivity index (χ4n) is 3.23. The van der Waals surface area contributed by atoms with Crippen LogP contribution in [0.2, 0.25) is 0 Å². The van der Waals surface area contributed by atoms with E-state index in [2.05, 4.69) is 24.0 Å². The highest BCUT2D eigenvalue weighted by molar-refractivity contribution is 5.73. The second-order valence-electron chi connectivity index (χ2n) is 6.06. The van der Waals surface area contributed by atoms with Gasteiger partial charge in [-0.1, -0.05) is 30.3 Å². The van der Waals surface area contributed by atoms with Crippen LogP contribution in [-0.2, 0) is 19.1 Å². The minimum absolute atomic E-state index is 0.146. The number of ether oxygens (including phenoxy) is 2. The Morgan fingerprint density at radius 2 is 1.96 bits per heavy atom. The second-order valence-corrected chi connectivity index (χ2v) is 6.06. The van der Waals surface area contributed by atoms with Gasteiger partial charge in [-0.3, -0.25) is 14.5 Å². The quantitative estimate of drug-likeness (QED) is 0.754. The molecule has 1 aromatic carbocycles. The highest BCUT2D eigenvalue weighted by Gasteiger charge is 2.39. The van der Waals surface area contributed by atoms with Crippen molar-refractivity contribution in [3.8, 4) is 0 Å². The van der Waals surface area contributed by atoms with Crippen molar-refractivity contribution in [2.75, 3.05) is 26.8 Å². The van der Waals surface area contributed by atoms with Crippen molar-refractivity contribution in [2.45, 2.75) is 26.3 Å². The predicted octanol–water partition coefficient (Wildman–Crippen LogP) is 2.42. The molecule has 1 aliphatic heterocycles. The third-order valence-corrected chi connectivity index (χ3v) is 4.60. The summed E-state index contributed by atoms with van der Waals surface area (Å²) >= 11 is 0. The molecule has 3 unspecified atom stereocenters. The van der Waals surface area contributed by atoms with Crippen molar-refractivity contribution >= 4 is 11.9 Å². The molecule has 1 heterocycles. The van der Waals surface area contributed by atoms with E-state index in [1.54, 1.807) is 0 Å². The van der Waals surface area contributed by atoms with Crippen LogP contribution in [0, 0.1) is 11.8 Å². The summed E-state index contributed by atoms with van der Waals surface area (Å²) in [6, 6.07) is 10.5. The summed E-state index contributed by atoms with van der Waals surface area (Å²) in [5.74, 6) is -0.484. The summed E-state index contributed by atoms with van der Waals surface area (Å²) in [6.45, 7) is 5.37. The van der Waals surface area contributed by atoms with Crippen molar-refractivity contribution in [3.63, 3.8) is 0 Å². The van der Waals surface area contributed by atoms with E-state index in [9.17, 15) is 9.59 Å². The molecule has 5 nitrogen and oxygen atoms in total. The number of hydrogen-bond acceptors (Lipinski definition) is 5. The van der Waals surface area contributed by atoms with Gasteiger partial charge in [0.1, 0.15) is 0 Å². The zero-order valence-corrected chi connectivity index (χ0v) is 14.0. The molecule has 1 aromatic rings. The summed E-state index contributed by atoms with van der Waals surface area (Å²) in [5, 5.41) is 0. The lowest BCUT2D eigenvalue weighted by Crippen LogP contribution is -2.27. The molecule has 1 aliphatic rings. The van der Waals surface area contributed by atoms with E-state index in [1.165, 1.54) is 19.6 Å². The molecule has 0 aliphatic carbocycles. The molecule has 0 aromatic heterocycles. The van der Waals surface area contributed by atoms with E-state index in [-0.39, 0.29) is 29.8 Å². The molecule has 0 saturated carbocycles. The fourth-order valence-corrected chi connectivity index (χ4v) is 3.23. The second kappa shape index (κ2) is 8.11. The minimum Gasteiger partial charge on any atom is -0.469 e. The van der Waals surface area contributed by atoms with E-state index in [1.807, 2.05) is 18.2 Å². The summed E-state index contributed by atoms with van der Waals surface area (Å²) in [4.78, 5) is 25.3. The van der Waals surface area contributed by atoms with Gasteiger partial charge < -0.3 is 9.47 Å². The average molecular weight is 319 g/mol. The van der Waals surface area contributed by atoms with Crippen LogP contribution in [0.4, 0.5) is 0 Å². The smallest absolute Gasteiger partial charge is 0.310 e. The highest BCUT2D eigenvalue weighted by atomic mass is 16.5. The molecule has 1 saturated heterocycles. The number of carbonyl (C=O) groups is 2. The number of esters is 2. The Kier molecular flexibility index (Phi) is 6.16. The number of hydrogen-bond donors (Lipinski definition) is 0. The van der Waals surface area contributed by atoms with Gasteiger partial charge >= 0.3 is 11.9 Å². The van der Waals surface area contributed by atoms with Crippen molar-refractivity contribution in [3.05, 3.63) is 35.9 Å². The maximum atomic E-state index is 12.1. The van der Waals surface area contributed by atoms with E-state index >= 15 is 0 Å². The standard InChI is InChI=1S/C18H25NO4/c1-13(15-7-5-4-6-8-15)19-11-16(9-10-23-14(2)20)17(12-19)18(21)22-3/h4-8,13,16-17H,9-12H2,1-3H3. The number of benzene rings is 1. The van der Waals surface area contributed by atoms with Crippen LogP contribution in [0.3, 0.4) is 0 Å². The lowest BCUT2D eigenvalue weighted by Gasteiger charge is -2.24. The number of rotatable bonds is 6. The molecule has 3 atom stereocenters. The van der Waals surface area contributed by atoms with Crippen LogP contribution in [0.25, 0.3) is 0 Å². The first kappa shape index (κ1) is 17.5. The van der Waals surface area contributed by atoms with Gasteiger partial charge in [-0.2, -0.15) is 0 Å². The highest BCUT2D eigenvalue weighted by Crippen LogP contribution is 2.33. The minimum atomic E-state index is -0.285. The molecule has 0 amide bonds. The molecule has 0 bridgehead atoms. The van der Waals surface area contributed by atoms with Crippen LogP contribution in [0.15, 0.2) is 30.3 Å². The van der Waals surface area contributed by atoms with Crippen molar-refractivity contribution in [1.29, 1.82) is 0 Å². The van der Waals surface area contributed by atoms with E-state index in [0.717, 1.165) is 6.54 Å². The summed E-state index contributed by atoms with van der Waals surface area (Å²) in [5.41, 5.74) is 1.23. The molecule has 1 fully saturated rings. The first-order valence-corrected chi connectivity index (χ1v) is 8.03.